The molecule has 10 heteroatoms. The van der Waals surface area contributed by atoms with Crippen molar-refractivity contribution in [1.82, 2.24) is 5.32 Å². The molecule has 9 nitrogen and oxygen atoms in total. The van der Waals surface area contributed by atoms with E-state index in [0.717, 1.165) is 12.8 Å². The second-order valence-corrected chi connectivity index (χ2v) is 10.2. The highest BCUT2D eigenvalue weighted by Gasteiger charge is 2.43. The van der Waals surface area contributed by atoms with Gasteiger partial charge in [0.1, 0.15) is 6.10 Å². The third-order valence-corrected chi connectivity index (χ3v) is 7.78. The molecule has 33 heavy (non-hydrogen) atoms. The number of nitrogens with one attached hydrogen (secondary N) is 1. The molecule has 1 amide bonds. The quantitative estimate of drug-likeness (QED) is 0.115. The van der Waals surface area contributed by atoms with Crippen LogP contribution < -0.4 is 5.32 Å². The average molecular weight is 590 g/mol. The van der Waals surface area contributed by atoms with Crippen molar-refractivity contribution in [3.8, 4) is 0 Å². The molecule has 10 atom stereocenters. The Hall–Kier alpha value is -0.0800. The first-order valence-corrected chi connectivity index (χ1v) is 13.6. The lowest BCUT2D eigenvalue weighted by molar-refractivity contribution is -0.133. The van der Waals surface area contributed by atoms with Crippen molar-refractivity contribution in [2.24, 2.45) is 17.8 Å². The van der Waals surface area contributed by atoms with Gasteiger partial charge < -0.3 is 40.3 Å². The molecule has 1 heterocycles. The largest absolute Gasteiger partial charge is 0.394 e. The zero-order valence-electron chi connectivity index (χ0n) is 20.3. The first-order chi connectivity index (χ1) is 15.6. The highest BCUT2D eigenvalue weighted by molar-refractivity contribution is 14.1. The number of rotatable bonds is 16. The van der Waals surface area contributed by atoms with Gasteiger partial charge in [0, 0.05) is 16.9 Å². The molecule has 0 saturated carbocycles. The monoisotopic (exact) mass is 589 g/mol. The summed E-state index contributed by atoms with van der Waals surface area (Å²) in [6.45, 7) is 7.66. The van der Waals surface area contributed by atoms with E-state index in [1.807, 2.05) is 27.7 Å². The molecule has 1 saturated heterocycles. The molecule has 0 aromatic heterocycles. The number of aliphatic hydroxyl groups is 5. The second kappa shape index (κ2) is 15.8. The Kier molecular flexibility index (Phi) is 14.8. The summed E-state index contributed by atoms with van der Waals surface area (Å²) >= 11 is 2.12. The first-order valence-electron chi connectivity index (χ1n) is 12.0. The number of amides is 1. The van der Waals surface area contributed by atoms with Crippen LogP contribution >= 0.6 is 22.6 Å². The molecule has 1 aliphatic rings. The van der Waals surface area contributed by atoms with Crippen molar-refractivity contribution in [2.75, 3.05) is 17.6 Å². The summed E-state index contributed by atoms with van der Waals surface area (Å²) in [4.78, 5) is 12.6. The minimum atomic E-state index is -1.24. The van der Waals surface area contributed by atoms with Crippen molar-refractivity contribution in [2.45, 2.75) is 103 Å². The van der Waals surface area contributed by atoms with Gasteiger partial charge >= 0.3 is 0 Å². The Morgan fingerprint density at radius 3 is 2.24 bits per heavy atom. The summed E-state index contributed by atoms with van der Waals surface area (Å²) in [5, 5.41) is 53.0. The lowest BCUT2D eigenvalue weighted by Gasteiger charge is -2.29. The highest BCUT2D eigenvalue weighted by Crippen LogP contribution is 2.28. The normalized spacial score (nSPS) is 28.7. The molecule has 1 fully saturated rings. The molecule has 196 valence electrons. The van der Waals surface area contributed by atoms with Gasteiger partial charge in [-0.25, -0.2) is 0 Å². The fourth-order valence-corrected chi connectivity index (χ4v) is 4.36. The third kappa shape index (κ3) is 10.2. The maximum Gasteiger partial charge on any atom is 0.222 e. The minimum Gasteiger partial charge on any atom is -0.394 e. The average Bonchev–Trinajstić information content (AvgIpc) is 3.06. The molecule has 9 unspecified atom stereocenters. The van der Waals surface area contributed by atoms with Crippen LogP contribution in [0.2, 0.25) is 0 Å². The SMILES string of the molecule is CCC(C)C(CC(O)CI)NC(=O)CC(O)CC(OCC1C(O)O[C@@H](CO)C1O)C(C)CC. The van der Waals surface area contributed by atoms with Crippen LogP contribution in [0.4, 0.5) is 0 Å². The molecular weight excluding hydrogens is 545 g/mol. The van der Waals surface area contributed by atoms with Gasteiger partial charge in [-0.1, -0.05) is 63.1 Å². The van der Waals surface area contributed by atoms with E-state index in [1.54, 1.807) is 0 Å². The number of carbonyl (C=O) groups is 1. The van der Waals surface area contributed by atoms with Crippen LogP contribution in [0.5, 0.6) is 0 Å². The van der Waals surface area contributed by atoms with Crippen LogP contribution in [-0.4, -0.2) is 91.9 Å². The van der Waals surface area contributed by atoms with Crippen LogP contribution in [0, 0.1) is 17.8 Å². The zero-order valence-corrected chi connectivity index (χ0v) is 22.4. The van der Waals surface area contributed by atoms with E-state index in [0.29, 0.717) is 10.8 Å². The summed E-state index contributed by atoms with van der Waals surface area (Å²) in [6.07, 6.45) is -2.64. The summed E-state index contributed by atoms with van der Waals surface area (Å²) < 4.78 is 11.7. The molecule has 1 aliphatic heterocycles. The smallest absolute Gasteiger partial charge is 0.222 e. The molecule has 0 radical (unpaired) electrons. The van der Waals surface area contributed by atoms with E-state index in [-0.39, 0.29) is 49.3 Å². The topological polar surface area (TPSA) is 149 Å². The Morgan fingerprint density at radius 2 is 1.73 bits per heavy atom. The van der Waals surface area contributed by atoms with Gasteiger partial charge in [-0.2, -0.15) is 0 Å². The van der Waals surface area contributed by atoms with Crippen molar-refractivity contribution >= 4 is 28.5 Å². The van der Waals surface area contributed by atoms with Crippen LogP contribution in [0.25, 0.3) is 0 Å². The van der Waals surface area contributed by atoms with E-state index < -0.39 is 43.2 Å². The van der Waals surface area contributed by atoms with E-state index in [1.165, 1.54) is 0 Å². The van der Waals surface area contributed by atoms with Crippen molar-refractivity contribution in [1.29, 1.82) is 0 Å². The van der Waals surface area contributed by atoms with E-state index in [4.69, 9.17) is 9.47 Å². The molecule has 0 aromatic rings. The van der Waals surface area contributed by atoms with E-state index >= 15 is 0 Å². The zero-order chi connectivity index (χ0) is 25.1. The van der Waals surface area contributed by atoms with Gasteiger partial charge in [0.15, 0.2) is 6.29 Å². The number of aliphatic hydroxyl groups excluding tert-OH is 5. The van der Waals surface area contributed by atoms with Gasteiger partial charge in [-0.3, -0.25) is 4.79 Å². The minimum absolute atomic E-state index is 0.0109. The third-order valence-electron chi connectivity index (χ3n) is 6.77. The molecule has 0 aliphatic carbocycles. The first kappa shape index (κ1) is 31.0. The van der Waals surface area contributed by atoms with Crippen LogP contribution in [0.1, 0.15) is 59.8 Å². The maximum atomic E-state index is 12.6. The van der Waals surface area contributed by atoms with Gasteiger partial charge in [0.05, 0.1) is 50.0 Å². The van der Waals surface area contributed by atoms with Gasteiger partial charge in [-0.15, -0.1) is 0 Å². The van der Waals surface area contributed by atoms with E-state index in [2.05, 4.69) is 27.9 Å². The highest BCUT2D eigenvalue weighted by atomic mass is 127. The van der Waals surface area contributed by atoms with Crippen molar-refractivity contribution < 1.29 is 39.8 Å². The summed E-state index contributed by atoms with van der Waals surface area (Å²) in [5.41, 5.74) is 0. The van der Waals surface area contributed by atoms with Crippen LogP contribution in [0.15, 0.2) is 0 Å². The Morgan fingerprint density at radius 1 is 1.09 bits per heavy atom. The molecule has 6 N–H and O–H groups in total. The number of ether oxygens (including phenoxy) is 2. The fourth-order valence-electron chi connectivity index (χ4n) is 4.00. The predicted molar refractivity (Wildman–Crippen MR) is 133 cm³/mol. The Balaban J connectivity index is 2.65. The number of alkyl halides is 1. The second-order valence-electron chi connectivity index (χ2n) is 9.36. The van der Waals surface area contributed by atoms with E-state index in [9.17, 15) is 30.3 Å². The van der Waals surface area contributed by atoms with Crippen LogP contribution in [0.3, 0.4) is 0 Å². The van der Waals surface area contributed by atoms with Gasteiger partial charge in [0.2, 0.25) is 5.91 Å². The van der Waals surface area contributed by atoms with Crippen LogP contribution in [-0.2, 0) is 14.3 Å². The molecule has 0 spiro atoms. The molecular formula is C23H44INO8. The number of carbonyl (C=O) groups excluding carboxylic acids is 1. The molecule has 0 aromatic carbocycles. The number of hydrogen-bond donors (Lipinski definition) is 6. The molecule has 0 bridgehead atoms. The number of hydrogen-bond acceptors (Lipinski definition) is 8. The Labute approximate surface area is 211 Å². The number of halogens is 1. The van der Waals surface area contributed by atoms with Crippen molar-refractivity contribution in [3.05, 3.63) is 0 Å². The molecule has 1 rings (SSSR count). The Bertz CT molecular complexity index is 557. The maximum absolute atomic E-state index is 12.6. The summed E-state index contributed by atoms with van der Waals surface area (Å²) in [6, 6.07) is -0.161. The predicted octanol–water partition coefficient (Wildman–Crippen LogP) is 0.962. The standard InChI is InChI=1S/C23H44INO8/c1-5-13(3)18(7-16(28)10-24)25-21(29)9-15(27)8-19(14(4)6-2)32-12-17-22(30)20(11-26)33-23(17)31/h13-20,22-23,26-28,30-31H,5-12H2,1-4H3,(H,25,29)/t13?,14?,15?,16?,17?,18?,19?,20-,22?,23?/m0/s1. The van der Waals surface area contributed by atoms with Crippen molar-refractivity contribution in [3.63, 3.8) is 0 Å². The lowest BCUT2D eigenvalue weighted by atomic mass is 9.93. The van der Waals surface area contributed by atoms with Gasteiger partial charge in [-0.05, 0) is 18.3 Å². The lowest BCUT2D eigenvalue weighted by Crippen LogP contribution is -2.43. The fraction of sp³-hybridized carbons (Fsp3) is 0.957. The summed E-state index contributed by atoms with van der Waals surface area (Å²) in [7, 11) is 0. The van der Waals surface area contributed by atoms with Gasteiger partial charge in [0.25, 0.3) is 0 Å². The summed E-state index contributed by atoms with van der Waals surface area (Å²) in [5.74, 6) is -0.680.